The minimum absolute atomic E-state index is 0.195. The monoisotopic (exact) mass is 243 g/mol. The molecule has 1 nitrogen and oxygen atoms in total. The summed E-state index contributed by atoms with van der Waals surface area (Å²) in [4.78, 5) is 4.51. The van der Waals surface area contributed by atoms with E-state index in [1.807, 2.05) is 0 Å². The molecule has 0 aliphatic carbocycles. The molecule has 0 atom stereocenters. The van der Waals surface area contributed by atoms with Gasteiger partial charge in [0, 0.05) is 11.8 Å². The first-order valence-electron chi connectivity index (χ1n) is 4.57. The molecule has 0 unspecified atom stereocenters. The maximum absolute atomic E-state index is 12.7. The Kier molecular flexibility index (Phi) is 2.71. The lowest BCUT2D eigenvalue weighted by molar-refractivity contribution is -0.137. The lowest BCUT2D eigenvalue weighted by atomic mass is 10.1. The summed E-state index contributed by atoms with van der Waals surface area (Å²) in [6, 6.07) is 5.54. The van der Waals surface area contributed by atoms with Gasteiger partial charge in [-0.25, -0.2) is 4.98 Å². The number of halogens is 3. The van der Waals surface area contributed by atoms with Crippen LogP contribution in [0.5, 0.6) is 0 Å². The fourth-order valence-corrected chi connectivity index (χ4v) is 2.25. The van der Waals surface area contributed by atoms with Crippen molar-refractivity contribution in [2.24, 2.45) is 0 Å². The second kappa shape index (κ2) is 3.90. The highest BCUT2D eigenvalue weighted by Gasteiger charge is 2.33. The van der Waals surface area contributed by atoms with Gasteiger partial charge < -0.3 is 0 Å². The van der Waals surface area contributed by atoms with Crippen molar-refractivity contribution >= 4 is 11.3 Å². The van der Waals surface area contributed by atoms with Crippen LogP contribution in [-0.4, -0.2) is 4.98 Å². The van der Waals surface area contributed by atoms with Crippen LogP contribution in [0.1, 0.15) is 10.6 Å². The van der Waals surface area contributed by atoms with Gasteiger partial charge in [-0.2, -0.15) is 13.2 Å². The molecule has 0 saturated heterocycles. The summed E-state index contributed by atoms with van der Waals surface area (Å²) in [5.74, 6) is 0. The Balaban J connectivity index is 2.57. The number of aryl methyl sites for hydroxylation is 1. The van der Waals surface area contributed by atoms with Gasteiger partial charge in [0.15, 0.2) is 0 Å². The summed E-state index contributed by atoms with van der Waals surface area (Å²) >= 11 is 1.26. The lowest BCUT2D eigenvalue weighted by Gasteiger charge is -2.10. The molecule has 0 spiro atoms. The van der Waals surface area contributed by atoms with E-state index in [1.54, 1.807) is 13.0 Å². The average Bonchev–Trinajstić information content (AvgIpc) is 2.64. The first-order valence-corrected chi connectivity index (χ1v) is 5.39. The molecule has 0 N–H and O–H groups in total. The first kappa shape index (κ1) is 11.1. The molecular formula is C11H8F3NS. The molecule has 1 aromatic carbocycles. The Bertz CT molecular complexity index is 502. The van der Waals surface area contributed by atoms with Crippen LogP contribution in [0.2, 0.25) is 0 Å². The predicted molar refractivity (Wildman–Crippen MR) is 57.3 cm³/mol. The number of rotatable bonds is 1. The van der Waals surface area contributed by atoms with Crippen molar-refractivity contribution in [2.45, 2.75) is 13.1 Å². The molecule has 5 heteroatoms. The molecule has 2 aromatic rings. The molecule has 0 aliphatic heterocycles. The number of benzene rings is 1. The molecule has 1 heterocycles. The van der Waals surface area contributed by atoms with Gasteiger partial charge in [0.25, 0.3) is 0 Å². The summed E-state index contributed by atoms with van der Waals surface area (Å²) in [5, 5.41) is 0.756. The second-order valence-electron chi connectivity index (χ2n) is 3.29. The van der Waals surface area contributed by atoms with E-state index in [-0.39, 0.29) is 5.56 Å². The number of aromatic nitrogens is 1. The van der Waals surface area contributed by atoms with Crippen LogP contribution in [-0.2, 0) is 6.18 Å². The van der Waals surface area contributed by atoms with E-state index in [9.17, 15) is 13.2 Å². The fourth-order valence-electron chi connectivity index (χ4n) is 1.43. The topological polar surface area (TPSA) is 12.9 Å². The van der Waals surface area contributed by atoms with Crippen molar-refractivity contribution in [1.29, 1.82) is 0 Å². The zero-order valence-corrected chi connectivity index (χ0v) is 9.19. The summed E-state index contributed by atoms with van der Waals surface area (Å²) in [7, 11) is 0. The predicted octanol–water partition coefficient (Wildman–Crippen LogP) is 4.14. The third-order valence-electron chi connectivity index (χ3n) is 2.12. The molecule has 1 aromatic heterocycles. The van der Waals surface area contributed by atoms with Crippen molar-refractivity contribution in [2.75, 3.05) is 0 Å². The molecule has 0 fully saturated rings. The highest BCUT2D eigenvalue weighted by atomic mass is 32.1. The van der Waals surface area contributed by atoms with Crippen LogP contribution in [0.15, 0.2) is 30.5 Å². The Labute approximate surface area is 94.6 Å². The lowest BCUT2D eigenvalue weighted by Crippen LogP contribution is -2.06. The summed E-state index contributed by atoms with van der Waals surface area (Å²) in [5.41, 5.74) is -0.417. The zero-order valence-electron chi connectivity index (χ0n) is 8.38. The SMILES string of the molecule is Cc1ncc(-c2ccccc2C(F)(F)F)s1. The maximum Gasteiger partial charge on any atom is 0.417 e. The number of hydrogen-bond donors (Lipinski definition) is 0. The van der Waals surface area contributed by atoms with Gasteiger partial charge >= 0.3 is 6.18 Å². The third-order valence-corrected chi connectivity index (χ3v) is 3.07. The quantitative estimate of drug-likeness (QED) is 0.733. The summed E-state index contributed by atoms with van der Waals surface area (Å²) < 4.78 is 38.2. The number of thiazole rings is 1. The largest absolute Gasteiger partial charge is 0.417 e. The molecule has 84 valence electrons. The summed E-state index contributed by atoms with van der Waals surface area (Å²) in [6.45, 7) is 1.77. The van der Waals surface area contributed by atoms with Gasteiger partial charge in [-0.3, -0.25) is 0 Å². The molecule has 2 rings (SSSR count). The Morgan fingerprint density at radius 2 is 1.88 bits per heavy atom. The molecular weight excluding hydrogens is 235 g/mol. The van der Waals surface area contributed by atoms with Crippen LogP contribution < -0.4 is 0 Å². The minimum atomic E-state index is -4.32. The van der Waals surface area contributed by atoms with Gasteiger partial charge in [-0.1, -0.05) is 18.2 Å². The maximum atomic E-state index is 12.7. The second-order valence-corrected chi connectivity index (χ2v) is 4.52. The molecule has 0 saturated carbocycles. The van der Waals surface area contributed by atoms with Gasteiger partial charge in [-0.05, 0) is 13.0 Å². The van der Waals surface area contributed by atoms with Gasteiger partial charge in [0.2, 0.25) is 0 Å². The van der Waals surface area contributed by atoms with Gasteiger partial charge in [0.05, 0.1) is 15.4 Å². The normalized spacial score (nSPS) is 11.8. The Morgan fingerprint density at radius 1 is 1.19 bits per heavy atom. The summed E-state index contributed by atoms with van der Waals surface area (Å²) in [6.07, 6.45) is -2.85. The van der Waals surface area contributed by atoms with Crippen LogP contribution in [0.4, 0.5) is 13.2 Å². The van der Waals surface area contributed by atoms with E-state index in [2.05, 4.69) is 4.98 Å². The van der Waals surface area contributed by atoms with E-state index in [1.165, 1.54) is 29.7 Å². The third kappa shape index (κ3) is 2.09. The van der Waals surface area contributed by atoms with Gasteiger partial charge in [-0.15, -0.1) is 11.3 Å². The number of nitrogens with zero attached hydrogens (tertiary/aromatic N) is 1. The van der Waals surface area contributed by atoms with Crippen molar-refractivity contribution in [3.63, 3.8) is 0 Å². The number of alkyl halides is 3. The standard InChI is InChI=1S/C11H8F3NS/c1-7-15-6-10(16-7)8-4-2-3-5-9(8)11(12,13)14/h2-6H,1H3. The Morgan fingerprint density at radius 3 is 2.44 bits per heavy atom. The molecule has 0 amide bonds. The van der Waals surface area contributed by atoms with Crippen molar-refractivity contribution in [3.05, 3.63) is 41.0 Å². The van der Waals surface area contributed by atoms with E-state index in [4.69, 9.17) is 0 Å². The molecule has 16 heavy (non-hydrogen) atoms. The van der Waals surface area contributed by atoms with E-state index in [0.29, 0.717) is 4.88 Å². The Hall–Kier alpha value is -1.36. The smallest absolute Gasteiger partial charge is 0.249 e. The van der Waals surface area contributed by atoms with Crippen LogP contribution in [0.3, 0.4) is 0 Å². The van der Waals surface area contributed by atoms with Crippen LogP contribution in [0, 0.1) is 6.92 Å². The highest BCUT2D eigenvalue weighted by Crippen LogP contribution is 2.38. The zero-order chi connectivity index (χ0) is 11.8. The van der Waals surface area contributed by atoms with E-state index < -0.39 is 11.7 Å². The molecule has 0 bridgehead atoms. The fraction of sp³-hybridized carbons (Fsp3) is 0.182. The van der Waals surface area contributed by atoms with Crippen molar-refractivity contribution < 1.29 is 13.2 Å². The first-order chi connectivity index (χ1) is 7.48. The van der Waals surface area contributed by atoms with E-state index in [0.717, 1.165) is 11.1 Å². The average molecular weight is 243 g/mol. The van der Waals surface area contributed by atoms with Crippen molar-refractivity contribution in [1.82, 2.24) is 4.98 Å². The minimum Gasteiger partial charge on any atom is -0.249 e. The highest BCUT2D eigenvalue weighted by molar-refractivity contribution is 7.15. The van der Waals surface area contributed by atoms with Crippen molar-refractivity contribution in [3.8, 4) is 10.4 Å². The number of hydrogen-bond acceptors (Lipinski definition) is 2. The van der Waals surface area contributed by atoms with Crippen LogP contribution in [0.25, 0.3) is 10.4 Å². The van der Waals surface area contributed by atoms with Gasteiger partial charge in [0.1, 0.15) is 0 Å². The van der Waals surface area contributed by atoms with E-state index >= 15 is 0 Å². The molecule has 0 aliphatic rings. The van der Waals surface area contributed by atoms with Crippen LogP contribution >= 0.6 is 11.3 Å². The molecule has 0 radical (unpaired) electrons.